The molecule has 112 valence electrons. The molecule has 2 nitrogen and oxygen atoms in total. The number of rotatable bonds is 5. The second-order valence-corrected chi connectivity index (χ2v) is 5.95. The van der Waals surface area contributed by atoms with Crippen LogP contribution in [0.1, 0.15) is 24.1 Å². The van der Waals surface area contributed by atoms with E-state index in [2.05, 4.69) is 21.2 Å². The van der Waals surface area contributed by atoms with Crippen LogP contribution < -0.4 is 10.1 Å². The lowest BCUT2D eigenvalue weighted by atomic mass is 10.1. The zero-order valence-corrected chi connectivity index (χ0v) is 14.1. The van der Waals surface area contributed by atoms with Gasteiger partial charge >= 0.3 is 0 Å². The molecule has 2 aromatic rings. The summed E-state index contributed by atoms with van der Waals surface area (Å²) in [5.41, 5.74) is 1.90. The first kappa shape index (κ1) is 16.3. The first-order valence-electron chi connectivity index (χ1n) is 6.52. The maximum absolute atomic E-state index is 13.1. The molecule has 5 heteroatoms. The minimum Gasteiger partial charge on any atom is -0.496 e. The lowest BCUT2D eigenvalue weighted by Crippen LogP contribution is -2.19. The molecule has 0 fully saturated rings. The van der Waals surface area contributed by atoms with Gasteiger partial charge in [0.25, 0.3) is 0 Å². The van der Waals surface area contributed by atoms with E-state index in [0.717, 1.165) is 21.3 Å². The summed E-state index contributed by atoms with van der Waals surface area (Å²) in [7, 11) is 1.62. The molecule has 0 heterocycles. The van der Waals surface area contributed by atoms with Gasteiger partial charge in [0.2, 0.25) is 0 Å². The van der Waals surface area contributed by atoms with Crippen LogP contribution >= 0.6 is 27.5 Å². The van der Waals surface area contributed by atoms with Crippen molar-refractivity contribution >= 4 is 27.5 Å². The zero-order valence-electron chi connectivity index (χ0n) is 11.8. The number of hydrogen-bond donors (Lipinski definition) is 1. The van der Waals surface area contributed by atoms with Crippen molar-refractivity contribution in [3.05, 3.63) is 62.8 Å². The van der Waals surface area contributed by atoms with E-state index in [1.54, 1.807) is 13.2 Å². The normalized spacial score (nSPS) is 12.2. The zero-order chi connectivity index (χ0) is 15.4. The van der Waals surface area contributed by atoms with Crippen LogP contribution in [0.3, 0.4) is 0 Å². The lowest BCUT2D eigenvalue weighted by molar-refractivity contribution is 0.406. The van der Waals surface area contributed by atoms with E-state index in [1.165, 1.54) is 12.1 Å². The summed E-state index contributed by atoms with van der Waals surface area (Å²) in [6, 6.07) is 10.3. The summed E-state index contributed by atoms with van der Waals surface area (Å²) in [5, 5.41) is 4.03. The third-order valence-corrected chi connectivity index (χ3v) is 4.35. The molecule has 0 amide bonds. The maximum Gasteiger partial charge on any atom is 0.124 e. The van der Waals surface area contributed by atoms with E-state index in [4.69, 9.17) is 16.3 Å². The van der Waals surface area contributed by atoms with Crippen LogP contribution in [-0.4, -0.2) is 7.11 Å². The van der Waals surface area contributed by atoms with E-state index >= 15 is 0 Å². The van der Waals surface area contributed by atoms with Gasteiger partial charge in [0.1, 0.15) is 11.6 Å². The Morgan fingerprint density at radius 2 is 2.10 bits per heavy atom. The number of hydrogen-bond acceptors (Lipinski definition) is 2. The molecule has 21 heavy (non-hydrogen) atoms. The topological polar surface area (TPSA) is 21.3 Å². The summed E-state index contributed by atoms with van der Waals surface area (Å²) in [6.07, 6.45) is 0. The third kappa shape index (κ3) is 3.96. The molecule has 0 aliphatic heterocycles. The smallest absolute Gasteiger partial charge is 0.124 e. The molecule has 0 aromatic heterocycles. The number of nitrogens with one attached hydrogen (secondary N) is 1. The Bertz CT molecular complexity index is 636. The third-order valence-electron chi connectivity index (χ3n) is 3.31. The van der Waals surface area contributed by atoms with Crippen LogP contribution in [0.4, 0.5) is 4.39 Å². The average Bonchev–Trinajstić information content (AvgIpc) is 2.45. The number of ether oxygens (including phenoxy) is 1. The molecule has 0 spiro atoms. The van der Waals surface area contributed by atoms with Crippen molar-refractivity contribution in [2.75, 3.05) is 7.11 Å². The Morgan fingerprint density at radius 3 is 2.76 bits per heavy atom. The molecule has 0 radical (unpaired) electrons. The summed E-state index contributed by atoms with van der Waals surface area (Å²) in [5.74, 6) is 0.492. The van der Waals surface area contributed by atoms with Gasteiger partial charge in [-0.15, -0.1) is 0 Å². The van der Waals surface area contributed by atoms with Gasteiger partial charge in [-0.1, -0.05) is 39.7 Å². The molecule has 1 N–H and O–H groups in total. The van der Waals surface area contributed by atoms with Gasteiger partial charge in [0.15, 0.2) is 0 Å². The van der Waals surface area contributed by atoms with Crippen LogP contribution in [0.2, 0.25) is 5.02 Å². The van der Waals surface area contributed by atoms with E-state index in [0.29, 0.717) is 11.6 Å². The Morgan fingerprint density at radius 1 is 1.33 bits per heavy atom. The van der Waals surface area contributed by atoms with Gasteiger partial charge in [-0.05, 0) is 36.8 Å². The van der Waals surface area contributed by atoms with E-state index < -0.39 is 0 Å². The van der Waals surface area contributed by atoms with Crippen molar-refractivity contribution in [2.24, 2.45) is 0 Å². The Kier molecular flexibility index (Phi) is 5.62. The van der Waals surface area contributed by atoms with Gasteiger partial charge < -0.3 is 10.1 Å². The minimum atomic E-state index is -0.259. The van der Waals surface area contributed by atoms with Crippen molar-refractivity contribution in [3.8, 4) is 5.75 Å². The highest BCUT2D eigenvalue weighted by atomic mass is 79.9. The fraction of sp³-hybridized carbons (Fsp3) is 0.250. The van der Waals surface area contributed by atoms with Gasteiger partial charge in [-0.25, -0.2) is 4.39 Å². The van der Waals surface area contributed by atoms with Crippen LogP contribution in [0.25, 0.3) is 0 Å². The number of halogens is 3. The van der Waals surface area contributed by atoms with E-state index in [-0.39, 0.29) is 11.9 Å². The molecule has 0 saturated carbocycles. The highest BCUT2D eigenvalue weighted by Crippen LogP contribution is 2.28. The van der Waals surface area contributed by atoms with E-state index in [1.807, 2.05) is 25.1 Å². The Balaban J connectivity index is 2.13. The summed E-state index contributed by atoms with van der Waals surface area (Å²) >= 11 is 9.60. The highest BCUT2D eigenvalue weighted by molar-refractivity contribution is 9.10. The predicted molar refractivity (Wildman–Crippen MR) is 87.4 cm³/mol. The molecule has 0 aliphatic rings. The molecule has 0 bridgehead atoms. The fourth-order valence-electron chi connectivity index (χ4n) is 2.12. The van der Waals surface area contributed by atoms with Gasteiger partial charge in [0.05, 0.1) is 7.11 Å². The second-order valence-electron chi connectivity index (χ2n) is 4.69. The quantitative estimate of drug-likeness (QED) is 0.788. The summed E-state index contributed by atoms with van der Waals surface area (Å²) < 4.78 is 19.2. The standard InChI is InChI=1S/C16H16BrClFNO/c1-10(12-7-6-11(19)8-14(12)17)20-9-13-15(18)4-3-5-16(13)21-2/h3-8,10,20H,9H2,1-2H3. The van der Waals surface area contributed by atoms with Crippen molar-refractivity contribution in [1.82, 2.24) is 5.32 Å². The summed E-state index contributed by atoms with van der Waals surface area (Å²) in [4.78, 5) is 0. The molecule has 0 saturated heterocycles. The van der Waals surface area contributed by atoms with Crippen molar-refractivity contribution in [2.45, 2.75) is 19.5 Å². The van der Waals surface area contributed by atoms with Crippen LogP contribution in [0.15, 0.2) is 40.9 Å². The first-order valence-corrected chi connectivity index (χ1v) is 7.69. The Labute approximate surface area is 137 Å². The molecule has 2 rings (SSSR count). The van der Waals surface area contributed by atoms with Crippen LogP contribution in [-0.2, 0) is 6.54 Å². The summed E-state index contributed by atoms with van der Waals surface area (Å²) in [6.45, 7) is 2.58. The number of benzene rings is 2. The van der Waals surface area contributed by atoms with Crippen LogP contribution in [0.5, 0.6) is 5.75 Å². The van der Waals surface area contributed by atoms with E-state index in [9.17, 15) is 4.39 Å². The first-order chi connectivity index (χ1) is 10.0. The Hall–Kier alpha value is -1.10. The second kappa shape index (κ2) is 7.25. The molecular formula is C16H16BrClFNO. The molecule has 1 unspecified atom stereocenters. The molecule has 1 atom stereocenters. The molecular weight excluding hydrogens is 357 g/mol. The SMILES string of the molecule is COc1cccc(Cl)c1CNC(C)c1ccc(F)cc1Br. The monoisotopic (exact) mass is 371 g/mol. The van der Waals surface area contributed by atoms with Crippen LogP contribution in [0, 0.1) is 5.82 Å². The minimum absolute atomic E-state index is 0.0425. The van der Waals surface area contributed by atoms with Gasteiger partial charge in [-0.3, -0.25) is 0 Å². The van der Waals surface area contributed by atoms with Crippen molar-refractivity contribution in [3.63, 3.8) is 0 Å². The largest absolute Gasteiger partial charge is 0.496 e. The fourth-order valence-corrected chi connectivity index (χ4v) is 3.05. The molecule has 0 aliphatic carbocycles. The predicted octanol–water partition coefficient (Wildman–Crippen LogP) is 5.10. The molecule has 2 aromatic carbocycles. The van der Waals surface area contributed by atoms with Crippen molar-refractivity contribution < 1.29 is 9.13 Å². The van der Waals surface area contributed by atoms with Gasteiger partial charge in [0, 0.05) is 27.6 Å². The number of methoxy groups -OCH3 is 1. The maximum atomic E-state index is 13.1. The average molecular weight is 373 g/mol. The van der Waals surface area contributed by atoms with Crippen molar-refractivity contribution in [1.29, 1.82) is 0 Å². The lowest BCUT2D eigenvalue weighted by Gasteiger charge is -2.18. The highest BCUT2D eigenvalue weighted by Gasteiger charge is 2.12. The van der Waals surface area contributed by atoms with Gasteiger partial charge in [-0.2, -0.15) is 0 Å².